The number of carbonyl (C=O) groups excluding carboxylic acids is 1. The number of likely N-dealkylation sites (tertiary alicyclic amines) is 1. The maximum Gasteiger partial charge on any atom is 0.238 e. The summed E-state index contributed by atoms with van der Waals surface area (Å²) in [5.74, 6) is 0.755. The Morgan fingerprint density at radius 3 is 2.79 bits per heavy atom. The lowest BCUT2D eigenvalue weighted by molar-refractivity contribution is -0.117. The molecule has 0 aromatic heterocycles. The van der Waals surface area contributed by atoms with Crippen LogP contribution in [0.3, 0.4) is 0 Å². The minimum atomic E-state index is 0. The van der Waals surface area contributed by atoms with Crippen LogP contribution in [0.15, 0.2) is 30.3 Å². The summed E-state index contributed by atoms with van der Waals surface area (Å²) in [5, 5.41) is 6.12. The highest BCUT2D eigenvalue weighted by molar-refractivity contribution is 5.92. The first-order valence-corrected chi connectivity index (χ1v) is 6.50. The van der Waals surface area contributed by atoms with Crippen LogP contribution in [0.25, 0.3) is 0 Å². The molecule has 1 saturated heterocycles. The monoisotopic (exact) mass is 283 g/mol. The lowest BCUT2D eigenvalue weighted by Gasteiger charge is -2.15. The third kappa shape index (κ3) is 5.19. The summed E-state index contributed by atoms with van der Waals surface area (Å²) in [5.41, 5.74) is 0.869. The van der Waals surface area contributed by atoms with E-state index in [1.54, 1.807) is 0 Å². The van der Waals surface area contributed by atoms with Gasteiger partial charge in [0.05, 0.1) is 6.54 Å². The fraction of sp³-hybridized carbons (Fsp3) is 0.500. The molecule has 1 aromatic carbocycles. The molecule has 0 saturated carbocycles. The van der Waals surface area contributed by atoms with Gasteiger partial charge in [-0.05, 0) is 44.6 Å². The van der Waals surface area contributed by atoms with Gasteiger partial charge in [-0.25, -0.2) is 0 Å². The molecule has 19 heavy (non-hydrogen) atoms. The average Bonchev–Trinajstić information content (AvgIpc) is 2.78. The molecule has 1 amide bonds. The molecule has 5 heteroatoms. The van der Waals surface area contributed by atoms with Crippen LogP contribution in [-0.2, 0) is 4.79 Å². The van der Waals surface area contributed by atoms with Crippen molar-refractivity contribution in [3.8, 4) is 0 Å². The van der Waals surface area contributed by atoms with Crippen molar-refractivity contribution in [1.29, 1.82) is 0 Å². The molecule has 1 fully saturated rings. The second kappa shape index (κ2) is 8.15. The van der Waals surface area contributed by atoms with Gasteiger partial charge in [-0.15, -0.1) is 12.4 Å². The zero-order valence-corrected chi connectivity index (χ0v) is 12.1. The van der Waals surface area contributed by atoms with Gasteiger partial charge in [0.1, 0.15) is 0 Å². The summed E-state index contributed by atoms with van der Waals surface area (Å²) >= 11 is 0. The standard InChI is InChI=1S/C14H21N3O.ClH/c1-15-9-12-7-8-17(10-12)11-14(18)16-13-5-3-2-4-6-13;/h2-6,12,15H,7-11H2,1H3,(H,16,18);1H. The van der Waals surface area contributed by atoms with E-state index in [2.05, 4.69) is 15.5 Å². The van der Waals surface area contributed by atoms with Gasteiger partial charge < -0.3 is 10.6 Å². The molecule has 1 aromatic rings. The van der Waals surface area contributed by atoms with Gasteiger partial charge in [0, 0.05) is 12.2 Å². The third-order valence-corrected chi connectivity index (χ3v) is 3.29. The number of hydrogen-bond donors (Lipinski definition) is 2. The van der Waals surface area contributed by atoms with Crippen molar-refractivity contribution < 1.29 is 4.79 Å². The summed E-state index contributed by atoms with van der Waals surface area (Å²) in [6.45, 7) is 3.57. The summed E-state index contributed by atoms with van der Waals surface area (Å²) in [7, 11) is 1.98. The van der Waals surface area contributed by atoms with E-state index in [1.807, 2.05) is 37.4 Å². The maximum atomic E-state index is 11.9. The number of halogens is 1. The zero-order chi connectivity index (χ0) is 12.8. The number of hydrogen-bond acceptors (Lipinski definition) is 3. The van der Waals surface area contributed by atoms with Crippen LogP contribution in [0.2, 0.25) is 0 Å². The van der Waals surface area contributed by atoms with E-state index in [9.17, 15) is 4.79 Å². The quantitative estimate of drug-likeness (QED) is 0.863. The molecule has 1 unspecified atom stereocenters. The SMILES string of the molecule is CNCC1CCN(CC(=O)Nc2ccccc2)C1.Cl. The number of anilines is 1. The molecular weight excluding hydrogens is 262 g/mol. The minimum Gasteiger partial charge on any atom is -0.325 e. The highest BCUT2D eigenvalue weighted by Gasteiger charge is 2.23. The van der Waals surface area contributed by atoms with E-state index in [-0.39, 0.29) is 18.3 Å². The van der Waals surface area contributed by atoms with Crippen molar-refractivity contribution in [3.05, 3.63) is 30.3 Å². The molecule has 1 heterocycles. The summed E-state index contributed by atoms with van der Waals surface area (Å²) in [4.78, 5) is 14.1. The maximum absolute atomic E-state index is 11.9. The van der Waals surface area contributed by atoms with E-state index in [4.69, 9.17) is 0 Å². The number of benzene rings is 1. The Morgan fingerprint density at radius 1 is 1.37 bits per heavy atom. The molecule has 1 aliphatic heterocycles. The Balaban J connectivity index is 0.00000180. The highest BCUT2D eigenvalue weighted by Crippen LogP contribution is 2.15. The van der Waals surface area contributed by atoms with E-state index >= 15 is 0 Å². The fourth-order valence-corrected chi connectivity index (χ4v) is 2.44. The van der Waals surface area contributed by atoms with Crippen molar-refractivity contribution in [3.63, 3.8) is 0 Å². The van der Waals surface area contributed by atoms with E-state index in [1.165, 1.54) is 6.42 Å². The van der Waals surface area contributed by atoms with Crippen LogP contribution in [0.1, 0.15) is 6.42 Å². The average molecular weight is 284 g/mol. The highest BCUT2D eigenvalue weighted by atomic mass is 35.5. The Labute approximate surface area is 121 Å². The van der Waals surface area contributed by atoms with Gasteiger partial charge in [0.2, 0.25) is 5.91 Å². The van der Waals surface area contributed by atoms with Crippen molar-refractivity contribution in [1.82, 2.24) is 10.2 Å². The van der Waals surface area contributed by atoms with Crippen LogP contribution < -0.4 is 10.6 Å². The summed E-state index contributed by atoms with van der Waals surface area (Å²) < 4.78 is 0. The topological polar surface area (TPSA) is 44.4 Å². The first-order chi connectivity index (χ1) is 8.78. The molecule has 1 aliphatic rings. The van der Waals surface area contributed by atoms with Crippen molar-refractivity contribution in [2.75, 3.05) is 38.5 Å². The molecular formula is C14H22ClN3O. The molecule has 0 spiro atoms. The van der Waals surface area contributed by atoms with Crippen LogP contribution in [0.5, 0.6) is 0 Å². The molecule has 0 radical (unpaired) electrons. The third-order valence-electron chi connectivity index (χ3n) is 3.29. The van der Waals surface area contributed by atoms with Gasteiger partial charge in [0.15, 0.2) is 0 Å². The second-order valence-electron chi connectivity index (χ2n) is 4.86. The molecule has 2 rings (SSSR count). The Morgan fingerprint density at radius 2 is 2.11 bits per heavy atom. The fourth-order valence-electron chi connectivity index (χ4n) is 2.44. The molecule has 0 bridgehead atoms. The Bertz CT molecular complexity index is 386. The predicted octanol–water partition coefficient (Wildman–Crippen LogP) is 1.59. The van der Waals surface area contributed by atoms with E-state index in [0.29, 0.717) is 12.5 Å². The molecule has 106 valence electrons. The first kappa shape index (κ1) is 16.0. The van der Waals surface area contributed by atoms with Crippen LogP contribution in [0, 0.1) is 5.92 Å². The number of carbonyl (C=O) groups is 1. The van der Waals surface area contributed by atoms with Crippen molar-refractivity contribution >= 4 is 24.0 Å². The molecule has 4 nitrogen and oxygen atoms in total. The van der Waals surface area contributed by atoms with Crippen LogP contribution in [-0.4, -0.2) is 44.0 Å². The van der Waals surface area contributed by atoms with Gasteiger partial charge >= 0.3 is 0 Å². The largest absolute Gasteiger partial charge is 0.325 e. The smallest absolute Gasteiger partial charge is 0.238 e. The number of amides is 1. The normalized spacial score (nSPS) is 18.9. The van der Waals surface area contributed by atoms with Gasteiger partial charge in [0.25, 0.3) is 0 Å². The second-order valence-corrected chi connectivity index (χ2v) is 4.86. The molecule has 0 aliphatic carbocycles. The summed E-state index contributed by atoms with van der Waals surface area (Å²) in [6, 6.07) is 9.61. The van der Waals surface area contributed by atoms with E-state index < -0.39 is 0 Å². The van der Waals surface area contributed by atoms with Crippen LogP contribution >= 0.6 is 12.4 Å². The van der Waals surface area contributed by atoms with Gasteiger partial charge in [-0.3, -0.25) is 9.69 Å². The van der Waals surface area contributed by atoms with Gasteiger partial charge in [-0.1, -0.05) is 18.2 Å². The Kier molecular flexibility index (Phi) is 6.84. The number of para-hydroxylation sites is 1. The number of nitrogens with zero attached hydrogens (tertiary/aromatic N) is 1. The van der Waals surface area contributed by atoms with Crippen molar-refractivity contribution in [2.45, 2.75) is 6.42 Å². The van der Waals surface area contributed by atoms with Gasteiger partial charge in [-0.2, -0.15) is 0 Å². The molecule has 1 atom stereocenters. The molecule has 2 N–H and O–H groups in total. The van der Waals surface area contributed by atoms with Crippen LogP contribution in [0.4, 0.5) is 5.69 Å². The minimum absolute atomic E-state index is 0. The van der Waals surface area contributed by atoms with Crippen molar-refractivity contribution in [2.24, 2.45) is 5.92 Å². The number of rotatable bonds is 5. The lowest BCUT2D eigenvalue weighted by Crippen LogP contribution is -2.32. The predicted molar refractivity (Wildman–Crippen MR) is 80.8 cm³/mol. The number of nitrogens with one attached hydrogen (secondary N) is 2. The van der Waals surface area contributed by atoms with E-state index in [0.717, 1.165) is 25.3 Å². The first-order valence-electron chi connectivity index (χ1n) is 6.50. The zero-order valence-electron chi connectivity index (χ0n) is 11.3. The summed E-state index contributed by atoms with van der Waals surface area (Å²) in [6.07, 6.45) is 1.18. The lowest BCUT2D eigenvalue weighted by atomic mass is 10.1. The Hall–Kier alpha value is -1.10.